The minimum Gasteiger partial charge on any atom is -0.480 e. The van der Waals surface area contributed by atoms with E-state index >= 15 is 0 Å². The Bertz CT molecular complexity index is 1320. The third-order valence-corrected chi connectivity index (χ3v) is 6.68. The Morgan fingerprint density at radius 2 is 2.12 bits per heavy atom. The molecule has 2 bridgehead atoms. The molecule has 170 valence electrons. The van der Waals surface area contributed by atoms with E-state index in [9.17, 15) is 9.59 Å². The van der Waals surface area contributed by atoms with Crippen LogP contribution in [0.2, 0.25) is 0 Å². The lowest BCUT2D eigenvalue weighted by atomic mass is 9.85. The predicted octanol–water partition coefficient (Wildman–Crippen LogP) is 4.07. The zero-order valence-corrected chi connectivity index (χ0v) is 19.3. The number of benzene rings is 2. The molecule has 3 aromatic rings. The number of hydrogen-bond acceptors (Lipinski definition) is 8. The van der Waals surface area contributed by atoms with E-state index < -0.39 is 23.8 Å². The molecule has 1 amide bonds. The Kier molecular flexibility index (Phi) is 5.00. The molecule has 0 radical (unpaired) electrons. The number of amides is 1. The van der Waals surface area contributed by atoms with E-state index in [0.717, 1.165) is 43.5 Å². The minimum atomic E-state index is -1.15. The number of rotatable bonds is 5. The Labute approximate surface area is 196 Å². The van der Waals surface area contributed by atoms with E-state index in [1.54, 1.807) is 5.01 Å². The molecule has 2 atom stereocenters. The number of halogens is 1. The fourth-order valence-electron chi connectivity index (χ4n) is 4.40. The zero-order valence-electron chi connectivity index (χ0n) is 17.8. The summed E-state index contributed by atoms with van der Waals surface area (Å²) in [6.07, 6.45) is -0.815. The molecular formula is C22H20BrN5O5. The summed E-state index contributed by atoms with van der Waals surface area (Å²) in [5.41, 5.74) is 6.71. The highest BCUT2D eigenvalue weighted by molar-refractivity contribution is 9.10. The Morgan fingerprint density at radius 1 is 1.33 bits per heavy atom. The Morgan fingerprint density at radius 3 is 2.91 bits per heavy atom. The van der Waals surface area contributed by atoms with Crippen LogP contribution < -0.4 is 10.7 Å². The second kappa shape index (κ2) is 7.77. The van der Waals surface area contributed by atoms with Crippen molar-refractivity contribution in [3.8, 4) is 11.3 Å². The summed E-state index contributed by atoms with van der Waals surface area (Å²) in [4.78, 5) is 22.9. The highest BCUT2D eigenvalue weighted by atomic mass is 79.9. The van der Waals surface area contributed by atoms with Crippen molar-refractivity contribution in [1.29, 1.82) is 0 Å². The first kappa shape index (κ1) is 21.3. The first-order valence-corrected chi connectivity index (χ1v) is 11.1. The molecule has 2 aromatic carbocycles. The van der Waals surface area contributed by atoms with Crippen LogP contribution in [0.1, 0.15) is 23.6 Å². The number of carboxylic acid groups (broad SMARTS) is 1. The van der Waals surface area contributed by atoms with E-state index in [4.69, 9.17) is 14.3 Å². The largest absolute Gasteiger partial charge is 0.480 e. The molecule has 1 spiro atoms. The molecule has 1 aliphatic heterocycles. The molecule has 0 saturated heterocycles. The predicted molar refractivity (Wildman–Crippen MR) is 121 cm³/mol. The van der Waals surface area contributed by atoms with E-state index in [1.165, 1.54) is 6.92 Å². The lowest BCUT2D eigenvalue weighted by Crippen LogP contribution is -2.51. The molecule has 10 nitrogen and oxygen atoms in total. The van der Waals surface area contributed by atoms with Gasteiger partial charge in [-0.2, -0.15) is 0 Å². The van der Waals surface area contributed by atoms with Crippen molar-refractivity contribution in [2.24, 2.45) is 10.4 Å². The fraction of sp³-hybridized carbons (Fsp3) is 0.273. The fourth-order valence-corrected chi connectivity index (χ4v) is 5.09. The third-order valence-electron chi connectivity index (χ3n) is 5.92. The number of nitrogens with zero attached hydrogens (tertiary/aromatic N) is 3. The monoisotopic (exact) mass is 513 g/mol. The van der Waals surface area contributed by atoms with Gasteiger partial charge in [-0.3, -0.25) is 10.2 Å². The van der Waals surface area contributed by atoms with Gasteiger partial charge in [0.05, 0.1) is 11.0 Å². The van der Waals surface area contributed by atoms with Gasteiger partial charge in [0.25, 0.3) is 0 Å². The number of hydrogen-bond donors (Lipinski definition) is 3. The normalized spacial score (nSPS) is 18.8. The maximum absolute atomic E-state index is 12.0. The number of carbonyl (C=O) groups excluding carboxylic acids is 1. The zero-order chi connectivity index (χ0) is 23.3. The number of carboxylic acids is 1. The summed E-state index contributed by atoms with van der Waals surface area (Å²) < 4.78 is 12.3. The van der Waals surface area contributed by atoms with Crippen LogP contribution in [-0.2, 0) is 15.2 Å². The van der Waals surface area contributed by atoms with Gasteiger partial charge in [0.1, 0.15) is 24.0 Å². The number of furan rings is 1. The number of fused-ring (bicyclic) bond motifs is 5. The summed E-state index contributed by atoms with van der Waals surface area (Å²) in [5.74, 6) is -0.428. The molecule has 33 heavy (non-hydrogen) atoms. The van der Waals surface area contributed by atoms with Crippen LogP contribution in [0.5, 0.6) is 0 Å². The van der Waals surface area contributed by atoms with Gasteiger partial charge in [-0.1, -0.05) is 40.8 Å². The summed E-state index contributed by atoms with van der Waals surface area (Å²) in [5, 5.41) is 22.3. The van der Waals surface area contributed by atoms with Crippen LogP contribution in [-0.4, -0.2) is 41.4 Å². The summed E-state index contributed by atoms with van der Waals surface area (Å²) >= 11 is 3.74. The first-order valence-electron chi connectivity index (χ1n) is 10.3. The average Bonchev–Trinajstić information content (AvgIpc) is 3.33. The van der Waals surface area contributed by atoms with Crippen LogP contribution in [0, 0.1) is 6.92 Å². The maximum atomic E-state index is 12.0. The smallest absolute Gasteiger partial charge is 0.407 e. The number of aliphatic carboxylic acids is 1. The molecule has 1 aliphatic carbocycles. The summed E-state index contributed by atoms with van der Waals surface area (Å²) in [6, 6.07) is 10.7. The topological polar surface area (TPSA) is 129 Å². The van der Waals surface area contributed by atoms with Crippen LogP contribution in [0.25, 0.3) is 22.3 Å². The molecule has 1 unspecified atom stereocenters. The molecule has 5 rings (SSSR count). The number of aryl methyl sites for hydroxylation is 1. The lowest BCUT2D eigenvalue weighted by molar-refractivity contribution is -0.138. The second-order valence-electron chi connectivity index (χ2n) is 7.90. The van der Waals surface area contributed by atoms with E-state index in [2.05, 4.69) is 37.1 Å². The SMILES string of the molecule is Cc1ccc2oc3c(Br)c2c1C1(NN=NN1CCOC(=O)N[C@@H](C)C(=O)O)c1ccccc1-3. The molecule has 0 saturated carbocycles. The molecule has 0 fully saturated rings. The summed E-state index contributed by atoms with van der Waals surface area (Å²) in [7, 11) is 0. The molecule has 3 N–H and O–H groups in total. The third kappa shape index (κ3) is 3.14. The quantitative estimate of drug-likeness (QED) is 0.468. The maximum Gasteiger partial charge on any atom is 0.407 e. The number of carbonyl (C=O) groups is 2. The second-order valence-corrected chi connectivity index (χ2v) is 8.69. The van der Waals surface area contributed by atoms with Crippen molar-refractivity contribution in [1.82, 2.24) is 15.8 Å². The van der Waals surface area contributed by atoms with Crippen molar-refractivity contribution in [3.05, 3.63) is 57.6 Å². The van der Waals surface area contributed by atoms with Crippen molar-refractivity contribution in [3.63, 3.8) is 0 Å². The number of ether oxygens (including phenoxy) is 1. The minimum absolute atomic E-state index is 0.0329. The van der Waals surface area contributed by atoms with Gasteiger partial charge < -0.3 is 19.6 Å². The molecule has 11 heteroatoms. The molecular weight excluding hydrogens is 494 g/mol. The van der Waals surface area contributed by atoms with E-state index in [1.807, 2.05) is 43.3 Å². The Balaban J connectivity index is 1.54. The van der Waals surface area contributed by atoms with Crippen molar-refractivity contribution >= 4 is 39.0 Å². The van der Waals surface area contributed by atoms with Gasteiger partial charge in [0, 0.05) is 22.1 Å². The van der Waals surface area contributed by atoms with Crippen molar-refractivity contribution in [2.75, 3.05) is 13.2 Å². The van der Waals surface area contributed by atoms with Gasteiger partial charge in [-0.15, -0.1) is 0 Å². The van der Waals surface area contributed by atoms with Gasteiger partial charge in [-0.25, -0.2) is 9.80 Å². The van der Waals surface area contributed by atoms with Gasteiger partial charge in [-0.05, 0) is 41.4 Å². The molecule has 2 aliphatic rings. The highest BCUT2D eigenvalue weighted by Gasteiger charge is 2.50. The van der Waals surface area contributed by atoms with E-state index in [-0.39, 0.29) is 13.2 Å². The number of nitrogens with one attached hydrogen (secondary N) is 2. The van der Waals surface area contributed by atoms with Gasteiger partial charge in [0.2, 0.25) is 0 Å². The van der Waals surface area contributed by atoms with Crippen LogP contribution >= 0.6 is 15.9 Å². The standard InChI is InChI=1S/C22H20BrN5O5/c1-11-7-8-15-16-17(11)22(14-6-4-3-5-13(14)19(33-15)18(16)23)25-26-27-28(22)9-10-32-21(31)24-12(2)20(29)30/h3-8,12H,9-10H2,1-2H3,(H,24,31)(H,25,27)(H,29,30)/t12-,22?/m0/s1. The first-order chi connectivity index (χ1) is 15.8. The van der Waals surface area contributed by atoms with Crippen molar-refractivity contribution in [2.45, 2.75) is 25.6 Å². The van der Waals surface area contributed by atoms with Crippen LogP contribution in [0.4, 0.5) is 4.79 Å². The van der Waals surface area contributed by atoms with Gasteiger partial charge in [0.15, 0.2) is 5.66 Å². The van der Waals surface area contributed by atoms with Gasteiger partial charge >= 0.3 is 12.1 Å². The molecule has 1 aromatic heterocycles. The lowest BCUT2D eigenvalue weighted by Gasteiger charge is -2.38. The van der Waals surface area contributed by atoms with E-state index in [0.29, 0.717) is 0 Å². The van der Waals surface area contributed by atoms with Crippen LogP contribution in [0.3, 0.4) is 0 Å². The highest BCUT2D eigenvalue weighted by Crippen LogP contribution is 2.53. The Hall–Kier alpha value is -3.60. The van der Waals surface area contributed by atoms with Crippen molar-refractivity contribution < 1.29 is 23.8 Å². The molecule has 2 heterocycles. The number of alkyl carbamates (subject to hydrolysis) is 1. The summed E-state index contributed by atoms with van der Waals surface area (Å²) in [6.45, 7) is 3.55. The average molecular weight is 514 g/mol. The van der Waals surface area contributed by atoms with Crippen LogP contribution in [0.15, 0.2) is 55.7 Å².